The molecule has 0 aliphatic heterocycles. The van der Waals surface area contributed by atoms with Gasteiger partial charge in [0.2, 0.25) is 0 Å². The zero-order chi connectivity index (χ0) is 11.1. The van der Waals surface area contributed by atoms with E-state index in [1.54, 1.807) is 11.7 Å². The van der Waals surface area contributed by atoms with Gasteiger partial charge >= 0.3 is 5.97 Å². The summed E-state index contributed by atoms with van der Waals surface area (Å²) in [6.45, 7) is 0. The Bertz CT molecular complexity index is 399. The molecule has 15 heavy (non-hydrogen) atoms. The number of nitrogens with zero attached hydrogens (tertiary/aromatic N) is 2. The van der Waals surface area contributed by atoms with Crippen LogP contribution in [0.1, 0.15) is 30.5 Å². The molecule has 2 N–H and O–H groups in total. The minimum atomic E-state index is -1.28. The van der Waals surface area contributed by atoms with E-state index in [0.717, 1.165) is 18.4 Å². The summed E-state index contributed by atoms with van der Waals surface area (Å²) in [6.07, 6.45) is 3.73. The van der Waals surface area contributed by atoms with E-state index in [-0.39, 0.29) is 6.42 Å². The second-order valence-corrected chi connectivity index (χ2v) is 4.13. The maximum Gasteiger partial charge on any atom is 0.306 e. The van der Waals surface area contributed by atoms with Crippen LogP contribution in [0.4, 0.5) is 0 Å². The molecule has 0 saturated heterocycles. The van der Waals surface area contributed by atoms with Crippen LogP contribution in [0.5, 0.6) is 0 Å². The van der Waals surface area contributed by atoms with E-state index in [1.807, 2.05) is 6.20 Å². The number of aliphatic hydroxyl groups is 1. The van der Waals surface area contributed by atoms with Gasteiger partial charge in [0.05, 0.1) is 12.1 Å². The molecule has 1 unspecified atom stereocenters. The molecule has 0 amide bonds. The van der Waals surface area contributed by atoms with E-state index in [2.05, 4.69) is 5.10 Å². The van der Waals surface area contributed by atoms with E-state index in [9.17, 15) is 9.90 Å². The van der Waals surface area contributed by atoms with Gasteiger partial charge in [0, 0.05) is 13.2 Å². The summed E-state index contributed by atoms with van der Waals surface area (Å²) in [5.41, 5.74) is 0.229. The number of aryl methyl sites for hydroxylation is 2. The maximum atomic E-state index is 10.7. The first-order valence-electron chi connectivity index (χ1n) is 4.98. The van der Waals surface area contributed by atoms with Gasteiger partial charge in [-0.15, -0.1) is 0 Å². The standard InChI is InChI=1S/C10H14N2O3/c1-12-6-7-3-2-4-10(15,5-8(13)14)9(7)11-12/h6,15H,2-5H2,1H3,(H,13,14). The molecule has 1 heterocycles. The summed E-state index contributed by atoms with van der Waals surface area (Å²) in [6, 6.07) is 0. The second kappa shape index (κ2) is 3.34. The lowest BCUT2D eigenvalue weighted by Crippen LogP contribution is -2.33. The Kier molecular flexibility index (Phi) is 2.26. The number of hydrogen-bond acceptors (Lipinski definition) is 3. The van der Waals surface area contributed by atoms with E-state index >= 15 is 0 Å². The molecule has 1 aliphatic carbocycles. The third-order valence-electron chi connectivity index (χ3n) is 2.83. The zero-order valence-corrected chi connectivity index (χ0v) is 8.60. The van der Waals surface area contributed by atoms with Crippen molar-refractivity contribution < 1.29 is 15.0 Å². The minimum absolute atomic E-state index is 0.267. The highest BCUT2D eigenvalue weighted by Crippen LogP contribution is 2.36. The van der Waals surface area contributed by atoms with Crippen LogP contribution >= 0.6 is 0 Å². The van der Waals surface area contributed by atoms with Crippen molar-refractivity contribution >= 4 is 5.97 Å². The average Bonchev–Trinajstić information content (AvgIpc) is 2.45. The number of carbonyl (C=O) groups is 1. The van der Waals surface area contributed by atoms with E-state index < -0.39 is 11.6 Å². The van der Waals surface area contributed by atoms with Gasteiger partial charge in [-0.3, -0.25) is 9.48 Å². The SMILES string of the molecule is Cn1cc2c(n1)C(O)(CC(=O)O)CCC2. The first-order valence-corrected chi connectivity index (χ1v) is 4.98. The smallest absolute Gasteiger partial charge is 0.306 e. The normalized spacial score (nSPS) is 24.9. The molecule has 1 aliphatic rings. The van der Waals surface area contributed by atoms with Crippen LogP contribution in [0.15, 0.2) is 6.20 Å². The summed E-state index contributed by atoms with van der Waals surface area (Å²) < 4.78 is 1.63. The van der Waals surface area contributed by atoms with Crippen molar-refractivity contribution in [1.29, 1.82) is 0 Å². The summed E-state index contributed by atoms with van der Waals surface area (Å²) in [5.74, 6) is -0.990. The van der Waals surface area contributed by atoms with E-state index in [4.69, 9.17) is 5.11 Å². The molecule has 1 atom stereocenters. The summed E-state index contributed by atoms with van der Waals surface area (Å²) in [4.78, 5) is 10.7. The van der Waals surface area contributed by atoms with Crippen LogP contribution in [0, 0.1) is 0 Å². The van der Waals surface area contributed by atoms with Crippen LogP contribution in [-0.2, 0) is 23.9 Å². The van der Waals surface area contributed by atoms with Gasteiger partial charge in [-0.2, -0.15) is 5.10 Å². The highest BCUT2D eigenvalue weighted by molar-refractivity contribution is 5.68. The summed E-state index contributed by atoms with van der Waals surface area (Å²) in [5, 5.41) is 23.2. The number of aromatic nitrogens is 2. The number of carboxylic acids is 1. The molecule has 0 aromatic carbocycles. The van der Waals surface area contributed by atoms with Gasteiger partial charge in [-0.25, -0.2) is 0 Å². The predicted molar refractivity (Wildman–Crippen MR) is 52.3 cm³/mol. The molecule has 1 aromatic heterocycles. The number of fused-ring (bicyclic) bond motifs is 1. The highest BCUT2D eigenvalue weighted by Gasteiger charge is 2.39. The van der Waals surface area contributed by atoms with Crippen molar-refractivity contribution in [1.82, 2.24) is 9.78 Å². The van der Waals surface area contributed by atoms with Crippen molar-refractivity contribution in [3.63, 3.8) is 0 Å². The Morgan fingerprint density at radius 1 is 1.73 bits per heavy atom. The highest BCUT2D eigenvalue weighted by atomic mass is 16.4. The van der Waals surface area contributed by atoms with Crippen molar-refractivity contribution in [2.45, 2.75) is 31.3 Å². The Balaban J connectivity index is 2.39. The molecule has 0 bridgehead atoms. The molecule has 5 heteroatoms. The molecule has 1 aromatic rings. The topological polar surface area (TPSA) is 75.3 Å². The predicted octanol–water partition coefficient (Wildman–Crippen LogP) is 0.419. The lowest BCUT2D eigenvalue weighted by atomic mass is 9.82. The quantitative estimate of drug-likeness (QED) is 0.741. The molecule has 82 valence electrons. The Morgan fingerprint density at radius 2 is 2.47 bits per heavy atom. The Hall–Kier alpha value is -1.36. The number of aliphatic carboxylic acids is 1. The van der Waals surface area contributed by atoms with Crippen molar-refractivity contribution in [2.75, 3.05) is 0 Å². The fourth-order valence-electron chi connectivity index (χ4n) is 2.22. The van der Waals surface area contributed by atoms with Crippen molar-refractivity contribution in [2.24, 2.45) is 7.05 Å². The van der Waals surface area contributed by atoms with Gasteiger partial charge in [0.15, 0.2) is 0 Å². The third-order valence-corrected chi connectivity index (χ3v) is 2.83. The second-order valence-electron chi connectivity index (χ2n) is 4.13. The molecule has 5 nitrogen and oxygen atoms in total. The lowest BCUT2D eigenvalue weighted by molar-refractivity contribution is -0.143. The minimum Gasteiger partial charge on any atom is -0.481 e. The fraction of sp³-hybridized carbons (Fsp3) is 0.600. The van der Waals surface area contributed by atoms with Crippen LogP contribution in [-0.4, -0.2) is 26.0 Å². The Morgan fingerprint density at radius 3 is 3.13 bits per heavy atom. The largest absolute Gasteiger partial charge is 0.481 e. The fourth-order valence-corrected chi connectivity index (χ4v) is 2.22. The number of hydrogen-bond donors (Lipinski definition) is 2. The molecular weight excluding hydrogens is 196 g/mol. The molecule has 0 spiro atoms. The molecular formula is C10H14N2O3. The average molecular weight is 210 g/mol. The van der Waals surface area contributed by atoms with E-state index in [1.165, 1.54) is 0 Å². The van der Waals surface area contributed by atoms with Crippen LogP contribution in [0.2, 0.25) is 0 Å². The van der Waals surface area contributed by atoms with Crippen LogP contribution in [0.3, 0.4) is 0 Å². The monoisotopic (exact) mass is 210 g/mol. The molecule has 2 rings (SSSR count). The molecule has 0 saturated carbocycles. The molecule has 0 fully saturated rings. The molecule has 0 radical (unpaired) electrons. The first kappa shape index (κ1) is 10.2. The van der Waals surface area contributed by atoms with E-state index in [0.29, 0.717) is 12.1 Å². The van der Waals surface area contributed by atoms with Gasteiger partial charge in [-0.05, 0) is 24.8 Å². The van der Waals surface area contributed by atoms with Gasteiger partial charge in [0.25, 0.3) is 0 Å². The van der Waals surface area contributed by atoms with Gasteiger partial charge in [0.1, 0.15) is 5.60 Å². The van der Waals surface area contributed by atoms with Crippen LogP contribution < -0.4 is 0 Å². The lowest BCUT2D eigenvalue weighted by Gasteiger charge is -2.29. The number of carboxylic acid groups (broad SMARTS) is 1. The summed E-state index contributed by atoms with van der Waals surface area (Å²) in [7, 11) is 1.78. The third kappa shape index (κ3) is 1.74. The van der Waals surface area contributed by atoms with Crippen molar-refractivity contribution in [3.8, 4) is 0 Å². The van der Waals surface area contributed by atoms with Crippen LogP contribution in [0.25, 0.3) is 0 Å². The Labute approximate surface area is 87.3 Å². The summed E-state index contributed by atoms with van der Waals surface area (Å²) >= 11 is 0. The number of rotatable bonds is 2. The maximum absolute atomic E-state index is 10.7. The van der Waals surface area contributed by atoms with Gasteiger partial charge < -0.3 is 10.2 Å². The van der Waals surface area contributed by atoms with Gasteiger partial charge in [-0.1, -0.05) is 0 Å². The zero-order valence-electron chi connectivity index (χ0n) is 8.60. The van der Waals surface area contributed by atoms with Crippen molar-refractivity contribution in [3.05, 3.63) is 17.5 Å². The first-order chi connectivity index (χ1) is 7.01.